The van der Waals surface area contributed by atoms with Gasteiger partial charge in [0.05, 0.1) is 18.9 Å². The van der Waals surface area contributed by atoms with Gasteiger partial charge in [-0.3, -0.25) is 5.10 Å². The summed E-state index contributed by atoms with van der Waals surface area (Å²) in [5.41, 5.74) is 0.935. The number of H-pyrrole nitrogens is 1. The van der Waals surface area contributed by atoms with Crippen LogP contribution in [0.15, 0.2) is 47.6 Å². The van der Waals surface area contributed by atoms with Gasteiger partial charge >= 0.3 is 5.97 Å². The first-order chi connectivity index (χ1) is 13.0. The maximum absolute atomic E-state index is 13.0. The molecule has 7 nitrogen and oxygen atoms in total. The minimum Gasteiger partial charge on any atom is -0.493 e. The molecule has 0 spiro atoms. The number of nitrogens with one attached hydrogen (secondary N) is 1. The Balaban J connectivity index is 1.81. The normalized spacial score (nSPS) is 10.9. The minimum absolute atomic E-state index is 0.230. The maximum atomic E-state index is 13.0. The zero-order valence-electron chi connectivity index (χ0n) is 14.5. The molecule has 0 unspecified atom stereocenters. The van der Waals surface area contributed by atoms with Gasteiger partial charge in [-0.25, -0.2) is 9.18 Å². The molecule has 9 heteroatoms. The van der Waals surface area contributed by atoms with Crippen molar-refractivity contribution in [2.75, 3.05) is 7.11 Å². The monoisotopic (exact) mass is 386 g/mol. The second-order valence-corrected chi connectivity index (χ2v) is 5.83. The van der Waals surface area contributed by atoms with E-state index in [1.165, 1.54) is 36.1 Å². The van der Waals surface area contributed by atoms with E-state index < -0.39 is 11.8 Å². The van der Waals surface area contributed by atoms with Crippen molar-refractivity contribution in [2.24, 2.45) is 5.10 Å². The second kappa shape index (κ2) is 7.92. The average molecular weight is 386 g/mol. The van der Waals surface area contributed by atoms with Crippen molar-refractivity contribution in [1.82, 2.24) is 14.9 Å². The molecule has 0 radical (unpaired) electrons. The number of hydrogen-bond donors (Lipinski definition) is 1. The Kier molecular flexibility index (Phi) is 5.41. The molecule has 0 atom stereocenters. The standard InChI is InChI=1S/C18H15FN4O3S/c1-11-21-22-18(27)23(11)20-10-12-3-8-15(16(9-12)25-2)26-17(24)13-4-6-14(19)7-5-13/h3-10H,1-2H3,(H,22,27)/b20-10-. The number of rotatable bonds is 5. The number of aromatic nitrogens is 3. The van der Waals surface area contributed by atoms with Crippen LogP contribution < -0.4 is 9.47 Å². The van der Waals surface area contributed by atoms with Gasteiger partial charge in [-0.1, -0.05) is 0 Å². The second-order valence-electron chi connectivity index (χ2n) is 5.44. The highest BCUT2D eigenvalue weighted by molar-refractivity contribution is 7.71. The third-order valence-corrected chi connectivity index (χ3v) is 3.87. The largest absolute Gasteiger partial charge is 0.493 e. The number of hydrogen-bond acceptors (Lipinski definition) is 6. The smallest absolute Gasteiger partial charge is 0.343 e. The third-order valence-electron chi connectivity index (χ3n) is 3.60. The Bertz CT molecular complexity index is 1060. The van der Waals surface area contributed by atoms with Gasteiger partial charge in [-0.05, 0) is 67.2 Å². The predicted octanol–water partition coefficient (Wildman–Crippen LogP) is 3.50. The van der Waals surface area contributed by atoms with E-state index in [1.807, 2.05) is 0 Å². The van der Waals surface area contributed by atoms with Crippen LogP contribution in [0.25, 0.3) is 0 Å². The Morgan fingerprint density at radius 2 is 2.00 bits per heavy atom. The SMILES string of the molecule is COc1cc(/C=N\n2c(C)n[nH]c2=S)ccc1OC(=O)c1ccc(F)cc1. The first-order valence-corrected chi connectivity index (χ1v) is 8.23. The van der Waals surface area contributed by atoms with Crippen LogP contribution in [0.3, 0.4) is 0 Å². The molecule has 1 heterocycles. The molecular formula is C18H15FN4O3S. The summed E-state index contributed by atoms with van der Waals surface area (Å²) in [4.78, 5) is 12.2. The fourth-order valence-electron chi connectivity index (χ4n) is 2.22. The van der Waals surface area contributed by atoms with Crippen molar-refractivity contribution >= 4 is 24.4 Å². The molecule has 0 saturated carbocycles. The van der Waals surface area contributed by atoms with Crippen molar-refractivity contribution in [3.05, 3.63) is 70.0 Å². The molecule has 0 fully saturated rings. The molecule has 3 rings (SSSR count). The van der Waals surface area contributed by atoms with E-state index in [-0.39, 0.29) is 11.3 Å². The molecule has 1 N–H and O–H groups in total. The molecule has 2 aromatic carbocycles. The highest BCUT2D eigenvalue weighted by atomic mass is 32.1. The number of esters is 1. The van der Waals surface area contributed by atoms with Crippen molar-refractivity contribution in [2.45, 2.75) is 6.92 Å². The molecule has 1 aromatic heterocycles. The number of nitrogens with zero attached hydrogens (tertiary/aromatic N) is 3. The zero-order valence-corrected chi connectivity index (χ0v) is 15.3. The van der Waals surface area contributed by atoms with Gasteiger partial charge in [-0.2, -0.15) is 14.9 Å². The molecule has 27 heavy (non-hydrogen) atoms. The van der Waals surface area contributed by atoms with Crippen LogP contribution in [-0.4, -0.2) is 34.2 Å². The van der Waals surface area contributed by atoms with Gasteiger partial charge in [0.25, 0.3) is 0 Å². The van der Waals surface area contributed by atoms with E-state index in [1.54, 1.807) is 31.3 Å². The van der Waals surface area contributed by atoms with Crippen LogP contribution in [-0.2, 0) is 0 Å². The zero-order chi connectivity index (χ0) is 19.4. The number of aryl methyl sites for hydroxylation is 1. The number of halogens is 1. The lowest BCUT2D eigenvalue weighted by Crippen LogP contribution is -2.09. The van der Waals surface area contributed by atoms with Crippen molar-refractivity contribution in [1.29, 1.82) is 0 Å². The first-order valence-electron chi connectivity index (χ1n) is 7.82. The summed E-state index contributed by atoms with van der Waals surface area (Å²) in [6, 6.07) is 10.0. The van der Waals surface area contributed by atoms with Gasteiger partial charge < -0.3 is 9.47 Å². The molecule has 0 saturated heterocycles. The highest BCUT2D eigenvalue weighted by Gasteiger charge is 2.13. The van der Waals surface area contributed by atoms with E-state index >= 15 is 0 Å². The van der Waals surface area contributed by atoms with Crippen LogP contribution in [0.1, 0.15) is 21.7 Å². The molecule has 0 amide bonds. The van der Waals surface area contributed by atoms with Crippen LogP contribution in [0, 0.1) is 17.5 Å². The summed E-state index contributed by atoms with van der Waals surface area (Å²) < 4.78 is 25.4. The molecule has 0 aliphatic carbocycles. The lowest BCUT2D eigenvalue weighted by atomic mass is 10.2. The van der Waals surface area contributed by atoms with Crippen molar-refractivity contribution < 1.29 is 18.7 Å². The van der Waals surface area contributed by atoms with Crippen LogP contribution in [0.5, 0.6) is 11.5 Å². The number of ether oxygens (including phenoxy) is 2. The van der Waals surface area contributed by atoms with Gasteiger partial charge in [0, 0.05) is 0 Å². The molecule has 0 aliphatic heterocycles. The van der Waals surface area contributed by atoms with Crippen molar-refractivity contribution in [3.8, 4) is 11.5 Å². The Morgan fingerprint density at radius 3 is 2.63 bits per heavy atom. The van der Waals surface area contributed by atoms with E-state index in [0.29, 0.717) is 21.9 Å². The fourth-order valence-corrected chi connectivity index (χ4v) is 2.45. The molecule has 138 valence electrons. The summed E-state index contributed by atoms with van der Waals surface area (Å²) in [6.07, 6.45) is 1.58. The molecule has 0 aliphatic rings. The Labute approximate surface area is 159 Å². The summed E-state index contributed by atoms with van der Waals surface area (Å²) >= 11 is 5.09. The number of carbonyl (C=O) groups excluding carboxylic acids is 1. The number of carbonyl (C=O) groups is 1. The minimum atomic E-state index is -0.616. The van der Waals surface area contributed by atoms with Gasteiger partial charge in [-0.15, -0.1) is 0 Å². The van der Waals surface area contributed by atoms with E-state index in [9.17, 15) is 9.18 Å². The third kappa shape index (κ3) is 4.26. The van der Waals surface area contributed by atoms with Crippen LogP contribution in [0.4, 0.5) is 4.39 Å². The van der Waals surface area contributed by atoms with E-state index in [2.05, 4.69) is 15.3 Å². The highest BCUT2D eigenvalue weighted by Crippen LogP contribution is 2.28. The van der Waals surface area contributed by atoms with E-state index in [4.69, 9.17) is 21.7 Å². The summed E-state index contributed by atoms with van der Waals surface area (Å²) in [5, 5.41) is 10.9. The van der Waals surface area contributed by atoms with Crippen LogP contribution >= 0.6 is 12.2 Å². The number of aromatic amines is 1. The van der Waals surface area contributed by atoms with Gasteiger partial charge in [0.15, 0.2) is 11.5 Å². The summed E-state index contributed by atoms with van der Waals surface area (Å²) in [7, 11) is 1.46. The molecule has 0 bridgehead atoms. The maximum Gasteiger partial charge on any atom is 0.343 e. The lowest BCUT2D eigenvalue weighted by Gasteiger charge is -2.10. The Morgan fingerprint density at radius 1 is 1.26 bits per heavy atom. The van der Waals surface area contributed by atoms with Gasteiger partial charge in [0.1, 0.15) is 11.6 Å². The average Bonchev–Trinajstić information content (AvgIpc) is 2.99. The number of benzene rings is 2. The van der Waals surface area contributed by atoms with Crippen LogP contribution in [0.2, 0.25) is 0 Å². The summed E-state index contributed by atoms with van der Waals surface area (Å²) in [6.45, 7) is 1.77. The predicted molar refractivity (Wildman–Crippen MR) is 99.5 cm³/mol. The first kappa shape index (κ1) is 18.5. The summed E-state index contributed by atoms with van der Waals surface area (Å²) in [5.74, 6) is 0.158. The van der Waals surface area contributed by atoms with E-state index in [0.717, 1.165) is 0 Å². The fraction of sp³-hybridized carbons (Fsp3) is 0.111. The molecule has 3 aromatic rings. The quantitative estimate of drug-likeness (QED) is 0.314. The topological polar surface area (TPSA) is 81.5 Å². The number of methoxy groups -OCH3 is 1. The molecular weight excluding hydrogens is 371 g/mol. The Hall–Kier alpha value is -3.33. The van der Waals surface area contributed by atoms with Crippen molar-refractivity contribution in [3.63, 3.8) is 0 Å². The van der Waals surface area contributed by atoms with Gasteiger partial charge in [0.2, 0.25) is 4.77 Å². The lowest BCUT2D eigenvalue weighted by molar-refractivity contribution is 0.0729.